The van der Waals surface area contributed by atoms with E-state index in [0.717, 1.165) is 16.7 Å². The molecule has 0 spiro atoms. The van der Waals surface area contributed by atoms with Crippen LogP contribution in [0.3, 0.4) is 0 Å². The summed E-state index contributed by atoms with van der Waals surface area (Å²) in [5.41, 5.74) is 4.18. The number of amides is 1. The van der Waals surface area contributed by atoms with Crippen LogP contribution in [0.1, 0.15) is 22.3 Å². The lowest BCUT2D eigenvalue weighted by atomic mass is 10.1. The second kappa shape index (κ2) is 10.2. The molecule has 4 nitrogen and oxygen atoms in total. The van der Waals surface area contributed by atoms with Crippen molar-refractivity contribution in [3.63, 3.8) is 0 Å². The number of hydrogen-bond donors (Lipinski definition) is 1. The van der Waals surface area contributed by atoms with Crippen LogP contribution in [0.25, 0.3) is 6.08 Å². The number of halogens is 2. The number of nitriles is 1. The third-order valence-corrected chi connectivity index (χ3v) is 5.38. The van der Waals surface area contributed by atoms with Crippen molar-refractivity contribution in [2.24, 2.45) is 0 Å². The van der Waals surface area contributed by atoms with Crippen LogP contribution in [0, 0.1) is 25.2 Å². The van der Waals surface area contributed by atoms with Crippen molar-refractivity contribution in [3.8, 4) is 11.8 Å². The number of rotatable bonds is 6. The molecule has 0 aliphatic rings. The van der Waals surface area contributed by atoms with Gasteiger partial charge in [-0.2, -0.15) is 5.26 Å². The molecule has 0 atom stereocenters. The Morgan fingerprint density at radius 3 is 2.61 bits per heavy atom. The minimum absolute atomic E-state index is 0.00111. The lowest BCUT2D eigenvalue weighted by Gasteiger charge is -2.10. The molecule has 0 unspecified atom stereocenters. The maximum atomic E-state index is 12.6. The van der Waals surface area contributed by atoms with Crippen LogP contribution in [0.2, 0.25) is 10.0 Å². The minimum atomic E-state index is -0.463. The fourth-order valence-electron chi connectivity index (χ4n) is 2.89. The number of anilines is 1. The third-order valence-electron chi connectivity index (χ3n) is 4.80. The molecule has 1 N–H and O–H groups in total. The lowest BCUT2D eigenvalue weighted by molar-refractivity contribution is -0.112. The molecule has 3 aromatic carbocycles. The minimum Gasteiger partial charge on any atom is -0.489 e. The smallest absolute Gasteiger partial charge is 0.266 e. The van der Waals surface area contributed by atoms with Gasteiger partial charge in [-0.25, -0.2) is 0 Å². The highest BCUT2D eigenvalue weighted by atomic mass is 35.5. The van der Waals surface area contributed by atoms with Gasteiger partial charge >= 0.3 is 0 Å². The summed E-state index contributed by atoms with van der Waals surface area (Å²) < 4.78 is 5.81. The largest absolute Gasteiger partial charge is 0.489 e. The Hall–Kier alpha value is -3.26. The molecule has 0 heterocycles. The molecule has 1 amide bonds. The highest BCUT2D eigenvalue weighted by Crippen LogP contribution is 2.24. The van der Waals surface area contributed by atoms with E-state index in [1.165, 1.54) is 6.08 Å². The summed E-state index contributed by atoms with van der Waals surface area (Å²) in [4.78, 5) is 12.6. The van der Waals surface area contributed by atoms with Crippen molar-refractivity contribution in [3.05, 3.63) is 98.5 Å². The van der Waals surface area contributed by atoms with Crippen molar-refractivity contribution in [2.75, 3.05) is 5.32 Å². The summed E-state index contributed by atoms with van der Waals surface area (Å²) in [5.74, 6) is 0.127. The predicted molar refractivity (Wildman–Crippen MR) is 125 cm³/mol. The zero-order valence-electron chi connectivity index (χ0n) is 17.1. The number of benzene rings is 3. The molecule has 31 heavy (non-hydrogen) atoms. The molecule has 0 saturated carbocycles. The average Bonchev–Trinajstić information content (AvgIpc) is 2.75. The number of nitrogens with zero attached hydrogens (tertiary/aromatic N) is 1. The molecule has 6 heteroatoms. The van der Waals surface area contributed by atoms with Gasteiger partial charge in [-0.1, -0.05) is 53.5 Å². The van der Waals surface area contributed by atoms with Crippen LogP contribution in [0.4, 0.5) is 5.69 Å². The van der Waals surface area contributed by atoms with Gasteiger partial charge < -0.3 is 10.1 Å². The molecule has 0 fully saturated rings. The second-order valence-corrected chi connectivity index (χ2v) is 7.81. The van der Waals surface area contributed by atoms with Crippen LogP contribution in [0.5, 0.6) is 5.75 Å². The van der Waals surface area contributed by atoms with Gasteiger partial charge in [0.15, 0.2) is 0 Å². The Balaban J connectivity index is 1.74. The molecular formula is C25H20Cl2N2O2. The highest BCUT2D eigenvalue weighted by Gasteiger charge is 2.12. The van der Waals surface area contributed by atoms with Crippen molar-refractivity contribution < 1.29 is 9.53 Å². The Morgan fingerprint density at radius 2 is 1.87 bits per heavy atom. The number of carbonyl (C=O) groups excluding carboxylic acids is 1. The predicted octanol–water partition coefficient (Wildman–Crippen LogP) is 6.73. The zero-order valence-corrected chi connectivity index (χ0v) is 18.6. The Kier molecular flexibility index (Phi) is 7.36. The van der Waals surface area contributed by atoms with E-state index in [2.05, 4.69) is 5.32 Å². The molecule has 0 aliphatic carbocycles. The first-order valence-corrected chi connectivity index (χ1v) is 10.3. The Morgan fingerprint density at radius 1 is 1.10 bits per heavy atom. The normalized spacial score (nSPS) is 11.0. The zero-order chi connectivity index (χ0) is 22.4. The Labute approximate surface area is 191 Å². The van der Waals surface area contributed by atoms with Gasteiger partial charge in [0, 0.05) is 21.3 Å². The number of aryl methyl sites for hydroxylation is 1. The van der Waals surface area contributed by atoms with E-state index in [0.29, 0.717) is 27.0 Å². The van der Waals surface area contributed by atoms with Gasteiger partial charge in [-0.05, 0) is 66.9 Å². The maximum absolute atomic E-state index is 12.6. The molecule has 0 radical (unpaired) electrons. The van der Waals surface area contributed by atoms with E-state index in [4.69, 9.17) is 27.9 Å². The number of ether oxygens (including phenoxy) is 1. The fourth-order valence-corrected chi connectivity index (χ4v) is 3.35. The average molecular weight is 451 g/mol. The summed E-state index contributed by atoms with van der Waals surface area (Å²) in [6.07, 6.45) is 1.53. The first-order valence-electron chi connectivity index (χ1n) is 9.53. The molecule has 3 aromatic rings. The van der Waals surface area contributed by atoms with E-state index < -0.39 is 5.91 Å². The standard InChI is InChI=1S/C25H20Cl2N2O2/c1-16-5-3-8-24(17(16)2)29-25(30)20(14-28)11-18-6-4-7-22(12-18)31-15-19-9-10-21(26)13-23(19)27/h3-13H,15H2,1-2H3,(H,29,30)/b20-11-. The van der Waals surface area contributed by atoms with Crippen LogP contribution in [0.15, 0.2) is 66.2 Å². The fraction of sp³-hybridized carbons (Fsp3) is 0.120. The lowest BCUT2D eigenvalue weighted by Crippen LogP contribution is -2.14. The number of hydrogen-bond acceptors (Lipinski definition) is 3. The molecular weight excluding hydrogens is 431 g/mol. The van der Waals surface area contributed by atoms with Crippen molar-refractivity contribution in [1.29, 1.82) is 5.26 Å². The van der Waals surface area contributed by atoms with Crippen molar-refractivity contribution in [2.45, 2.75) is 20.5 Å². The third kappa shape index (κ3) is 5.88. The molecule has 0 bridgehead atoms. The second-order valence-electron chi connectivity index (χ2n) is 6.97. The van der Waals surface area contributed by atoms with Gasteiger partial charge in [-0.15, -0.1) is 0 Å². The summed E-state index contributed by atoms with van der Waals surface area (Å²) in [6, 6.07) is 20.0. The Bertz CT molecular complexity index is 1200. The van der Waals surface area contributed by atoms with Gasteiger partial charge in [0.2, 0.25) is 0 Å². The van der Waals surface area contributed by atoms with E-state index in [9.17, 15) is 10.1 Å². The quantitative estimate of drug-likeness (QED) is 0.334. The molecule has 0 aromatic heterocycles. The molecule has 0 aliphatic heterocycles. The molecule has 3 rings (SSSR count). The number of carbonyl (C=O) groups is 1. The molecule has 156 valence electrons. The van der Waals surface area contributed by atoms with Crippen molar-refractivity contribution >= 4 is 40.9 Å². The van der Waals surface area contributed by atoms with E-state index in [-0.39, 0.29) is 12.2 Å². The van der Waals surface area contributed by atoms with Gasteiger partial charge in [0.25, 0.3) is 5.91 Å². The van der Waals surface area contributed by atoms with Gasteiger partial charge in [0.1, 0.15) is 24.0 Å². The summed E-state index contributed by atoms with van der Waals surface area (Å²) in [6.45, 7) is 4.16. The van der Waals surface area contributed by atoms with E-state index >= 15 is 0 Å². The molecule has 0 saturated heterocycles. The van der Waals surface area contributed by atoms with E-state index in [1.807, 2.05) is 38.1 Å². The first-order chi connectivity index (χ1) is 14.9. The monoisotopic (exact) mass is 450 g/mol. The topological polar surface area (TPSA) is 62.1 Å². The van der Waals surface area contributed by atoms with Crippen LogP contribution in [-0.2, 0) is 11.4 Å². The van der Waals surface area contributed by atoms with Gasteiger partial charge in [-0.3, -0.25) is 4.79 Å². The first kappa shape index (κ1) is 22.4. The van der Waals surface area contributed by atoms with Crippen LogP contribution < -0.4 is 10.1 Å². The van der Waals surface area contributed by atoms with Crippen LogP contribution in [-0.4, -0.2) is 5.91 Å². The van der Waals surface area contributed by atoms with E-state index in [1.54, 1.807) is 42.5 Å². The number of nitrogens with one attached hydrogen (secondary N) is 1. The summed E-state index contributed by atoms with van der Waals surface area (Å²) >= 11 is 12.1. The SMILES string of the molecule is Cc1cccc(NC(=O)/C(C#N)=C\c2cccc(OCc3ccc(Cl)cc3Cl)c2)c1C. The van der Waals surface area contributed by atoms with Gasteiger partial charge in [0.05, 0.1) is 0 Å². The highest BCUT2D eigenvalue weighted by molar-refractivity contribution is 6.35. The summed E-state index contributed by atoms with van der Waals surface area (Å²) in [7, 11) is 0. The van der Waals surface area contributed by atoms with Crippen molar-refractivity contribution in [1.82, 2.24) is 0 Å². The maximum Gasteiger partial charge on any atom is 0.266 e. The van der Waals surface area contributed by atoms with Crippen LogP contribution >= 0.6 is 23.2 Å². The summed E-state index contributed by atoms with van der Waals surface area (Å²) in [5, 5.41) is 13.4.